The third-order valence-corrected chi connectivity index (χ3v) is 4.92. The third-order valence-electron chi connectivity index (χ3n) is 3.09. The van der Waals surface area contributed by atoms with Crippen LogP contribution in [0.5, 0.6) is 0 Å². The molecule has 0 saturated carbocycles. The van der Waals surface area contributed by atoms with Crippen LogP contribution < -0.4 is 4.72 Å². The SMILES string of the molecule is Cc1nn(C(F)F)cc1S(=O)(=O)NCCCn1cc(Cl)c([N+](=O)[O-])n1. The fourth-order valence-corrected chi connectivity index (χ4v) is 3.44. The van der Waals surface area contributed by atoms with Crippen molar-refractivity contribution in [2.45, 2.75) is 31.3 Å². The summed E-state index contributed by atoms with van der Waals surface area (Å²) in [6.07, 6.45) is 2.25. The molecule has 0 aromatic carbocycles. The molecular weight excluding hydrogens is 386 g/mol. The average Bonchev–Trinajstić information content (AvgIpc) is 3.07. The highest BCUT2D eigenvalue weighted by molar-refractivity contribution is 7.89. The van der Waals surface area contributed by atoms with Crippen LogP contribution in [-0.2, 0) is 16.6 Å². The van der Waals surface area contributed by atoms with E-state index < -0.39 is 27.3 Å². The number of hydrogen-bond donors (Lipinski definition) is 1. The van der Waals surface area contributed by atoms with Crippen LogP contribution in [-0.4, -0.2) is 39.4 Å². The molecule has 0 aliphatic carbocycles. The molecular formula is C11H13ClF2N6O4S. The Balaban J connectivity index is 1.95. The summed E-state index contributed by atoms with van der Waals surface area (Å²) in [6, 6.07) is 0. The molecule has 25 heavy (non-hydrogen) atoms. The second kappa shape index (κ2) is 7.41. The van der Waals surface area contributed by atoms with Gasteiger partial charge < -0.3 is 10.1 Å². The van der Waals surface area contributed by atoms with Crippen LogP contribution in [0.2, 0.25) is 5.02 Å². The molecule has 1 N–H and O–H groups in total. The molecule has 2 aromatic heterocycles. The number of nitrogens with one attached hydrogen (secondary N) is 1. The Labute approximate surface area is 145 Å². The summed E-state index contributed by atoms with van der Waals surface area (Å²) in [7, 11) is -4.01. The molecule has 0 radical (unpaired) electrons. The van der Waals surface area contributed by atoms with E-state index in [0.29, 0.717) is 0 Å². The normalized spacial score (nSPS) is 12.0. The Kier molecular flexibility index (Phi) is 5.69. The van der Waals surface area contributed by atoms with Crippen molar-refractivity contribution in [1.29, 1.82) is 0 Å². The minimum Gasteiger partial charge on any atom is -0.358 e. The average molecular weight is 399 g/mol. The zero-order valence-electron chi connectivity index (χ0n) is 12.8. The highest BCUT2D eigenvalue weighted by atomic mass is 35.5. The van der Waals surface area contributed by atoms with Gasteiger partial charge in [0.25, 0.3) is 0 Å². The number of rotatable bonds is 8. The summed E-state index contributed by atoms with van der Waals surface area (Å²) in [6.45, 7) is -1.50. The van der Waals surface area contributed by atoms with Crippen molar-refractivity contribution < 1.29 is 22.1 Å². The van der Waals surface area contributed by atoms with Crippen molar-refractivity contribution in [3.05, 3.63) is 33.2 Å². The fraction of sp³-hybridized carbons (Fsp3) is 0.455. The predicted octanol–water partition coefficient (Wildman–Crippen LogP) is 1.71. The van der Waals surface area contributed by atoms with Gasteiger partial charge in [-0.1, -0.05) is 11.6 Å². The Morgan fingerprint density at radius 3 is 2.60 bits per heavy atom. The van der Waals surface area contributed by atoms with Gasteiger partial charge >= 0.3 is 12.4 Å². The van der Waals surface area contributed by atoms with Crippen molar-refractivity contribution in [2.75, 3.05) is 6.54 Å². The number of nitro groups is 1. The second-order valence-electron chi connectivity index (χ2n) is 4.91. The molecule has 14 heteroatoms. The molecule has 2 aromatic rings. The van der Waals surface area contributed by atoms with Crippen molar-refractivity contribution in [1.82, 2.24) is 24.3 Å². The van der Waals surface area contributed by atoms with E-state index in [1.807, 2.05) is 0 Å². The number of nitrogens with zero attached hydrogens (tertiary/aromatic N) is 5. The molecule has 2 rings (SSSR count). The molecule has 0 fully saturated rings. The number of aromatic nitrogens is 4. The number of halogens is 3. The lowest BCUT2D eigenvalue weighted by Gasteiger charge is -2.04. The predicted molar refractivity (Wildman–Crippen MR) is 81.9 cm³/mol. The maximum Gasteiger partial charge on any atom is 0.408 e. The lowest BCUT2D eigenvalue weighted by molar-refractivity contribution is -0.389. The number of hydrogen-bond acceptors (Lipinski definition) is 6. The molecule has 0 aliphatic rings. The van der Waals surface area contributed by atoms with Crippen molar-refractivity contribution >= 4 is 27.4 Å². The molecule has 0 bridgehead atoms. The van der Waals surface area contributed by atoms with E-state index in [4.69, 9.17) is 11.6 Å². The smallest absolute Gasteiger partial charge is 0.358 e. The first-order chi connectivity index (χ1) is 11.6. The van der Waals surface area contributed by atoms with Crippen molar-refractivity contribution in [3.8, 4) is 0 Å². The van der Waals surface area contributed by atoms with E-state index >= 15 is 0 Å². The van der Waals surface area contributed by atoms with Crippen molar-refractivity contribution in [3.63, 3.8) is 0 Å². The van der Waals surface area contributed by atoms with E-state index in [1.165, 1.54) is 17.8 Å². The van der Waals surface area contributed by atoms with Gasteiger partial charge in [-0.15, -0.1) is 0 Å². The van der Waals surface area contributed by atoms with Crippen LogP contribution >= 0.6 is 11.6 Å². The highest BCUT2D eigenvalue weighted by Gasteiger charge is 2.22. The Hall–Kier alpha value is -2.12. The lowest BCUT2D eigenvalue weighted by Crippen LogP contribution is -2.26. The van der Waals surface area contributed by atoms with Gasteiger partial charge in [0.2, 0.25) is 10.0 Å². The van der Waals surface area contributed by atoms with Gasteiger partial charge in [-0.2, -0.15) is 18.6 Å². The molecule has 10 nitrogen and oxygen atoms in total. The van der Waals surface area contributed by atoms with Crippen molar-refractivity contribution in [2.24, 2.45) is 0 Å². The van der Waals surface area contributed by atoms with Crippen LogP contribution in [0.25, 0.3) is 0 Å². The number of sulfonamides is 1. The Morgan fingerprint density at radius 1 is 1.40 bits per heavy atom. The summed E-state index contributed by atoms with van der Waals surface area (Å²) in [5.74, 6) is -0.489. The molecule has 0 atom stereocenters. The van der Waals surface area contributed by atoms with E-state index in [2.05, 4.69) is 14.9 Å². The molecule has 0 unspecified atom stereocenters. The zero-order chi connectivity index (χ0) is 18.8. The van der Waals surface area contributed by atoms with Gasteiger partial charge in [0.05, 0.1) is 29.7 Å². The van der Waals surface area contributed by atoms with E-state index in [0.717, 1.165) is 6.20 Å². The Morgan fingerprint density at radius 2 is 2.08 bits per heavy atom. The Bertz CT molecular complexity index is 881. The molecule has 0 aliphatic heterocycles. The maximum absolute atomic E-state index is 12.6. The van der Waals surface area contributed by atoms with E-state index in [-0.39, 0.29) is 39.8 Å². The van der Waals surface area contributed by atoms with Gasteiger partial charge in [-0.05, 0) is 18.3 Å². The first-order valence-corrected chi connectivity index (χ1v) is 8.69. The first kappa shape index (κ1) is 19.2. The van der Waals surface area contributed by atoms with Crippen LogP contribution in [0, 0.1) is 17.0 Å². The second-order valence-corrected chi connectivity index (χ2v) is 7.05. The lowest BCUT2D eigenvalue weighted by atomic mass is 10.4. The standard InChI is InChI=1S/C11H13ClF2N6O4S/c1-7-9(6-19(16-7)11(13)14)25(23,24)15-3-2-4-18-5-8(12)10(17-18)20(21)22/h5-6,11,15H,2-4H2,1H3. The van der Waals surface area contributed by atoms with Gasteiger partial charge in [0.1, 0.15) is 4.90 Å². The molecule has 0 amide bonds. The molecule has 138 valence electrons. The molecule has 0 saturated heterocycles. The summed E-state index contributed by atoms with van der Waals surface area (Å²) < 4.78 is 53.0. The monoisotopic (exact) mass is 398 g/mol. The van der Waals surface area contributed by atoms with Crippen LogP contribution in [0.4, 0.5) is 14.6 Å². The summed E-state index contributed by atoms with van der Waals surface area (Å²) in [5.41, 5.74) is -0.0534. The molecule has 2 heterocycles. The number of aryl methyl sites for hydroxylation is 2. The van der Waals surface area contributed by atoms with Crippen LogP contribution in [0.1, 0.15) is 18.7 Å². The van der Waals surface area contributed by atoms with Crippen LogP contribution in [0.15, 0.2) is 17.3 Å². The van der Waals surface area contributed by atoms with Gasteiger partial charge in [-0.3, -0.25) is 0 Å². The minimum absolute atomic E-state index is 0.0348. The van der Waals surface area contributed by atoms with E-state index in [1.54, 1.807) is 0 Å². The van der Waals surface area contributed by atoms with Crippen LogP contribution in [0.3, 0.4) is 0 Å². The zero-order valence-corrected chi connectivity index (χ0v) is 14.3. The van der Waals surface area contributed by atoms with Gasteiger partial charge in [0.15, 0.2) is 5.02 Å². The highest BCUT2D eigenvalue weighted by Crippen LogP contribution is 2.21. The first-order valence-electron chi connectivity index (χ1n) is 6.82. The van der Waals surface area contributed by atoms with E-state index in [9.17, 15) is 27.3 Å². The topological polar surface area (TPSA) is 125 Å². The largest absolute Gasteiger partial charge is 0.408 e. The third kappa shape index (κ3) is 4.49. The molecule has 0 spiro atoms. The maximum atomic E-state index is 12.6. The minimum atomic E-state index is -4.01. The summed E-state index contributed by atoms with van der Waals surface area (Å²) in [4.78, 5) is 9.55. The summed E-state index contributed by atoms with van der Waals surface area (Å²) >= 11 is 5.64. The summed E-state index contributed by atoms with van der Waals surface area (Å²) in [5, 5.41) is 17.6. The fourth-order valence-electron chi connectivity index (χ4n) is 1.98. The quantitative estimate of drug-likeness (QED) is 0.410. The van der Waals surface area contributed by atoms with Gasteiger partial charge in [0, 0.05) is 6.54 Å². The number of alkyl halides is 2. The van der Waals surface area contributed by atoms with Gasteiger partial charge in [-0.25, -0.2) is 17.8 Å².